The largest absolute Gasteiger partial charge is 0.478 e. The Labute approximate surface area is 167 Å². The molecular formula is C24H28O4. The second-order valence-electron chi connectivity index (χ2n) is 6.59. The molecule has 1 N–H and O–H groups in total. The number of hydrogen-bond acceptors (Lipinski definition) is 3. The highest BCUT2D eigenvalue weighted by Gasteiger charge is 2.11. The van der Waals surface area contributed by atoms with E-state index >= 15 is 0 Å². The lowest BCUT2D eigenvalue weighted by Gasteiger charge is -2.13. The van der Waals surface area contributed by atoms with Crippen molar-refractivity contribution in [2.45, 2.75) is 39.7 Å². The van der Waals surface area contributed by atoms with Crippen LogP contribution in [-0.4, -0.2) is 17.0 Å². The van der Waals surface area contributed by atoms with Gasteiger partial charge in [-0.2, -0.15) is 0 Å². The van der Waals surface area contributed by atoms with Crippen molar-refractivity contribution in [1.82, 2.24) is 0 Å². The van der Waals surface area contributed by atoms with Crippen LogP contribution in [-0.2, 0) is 14.3 Å². The second-order valence-corrected chi connectivity index (χ2v) is 6.59. The second kappa shape index (κ2) is 11.5. The average molecular weight is 380 g/mol. The first-order valence-electron chi connectivity index (χ1n) is 9.10. The third kappa shape index (κ3) is 8.04. The van der Waals surface area contributed by atoms with Crippen molar-refractivity contribution >= 4 is 11.9 Å². The number of aliphatic carboxylic acids is 1. The van der Waals surface area contributed by atoms with Crippen LogP contribution >= 0.6 is 0 Å². The molecule has 0 aromatic heterocycles. The van der Waals surface area contributed by atoms with E-state index in [4.69, 9.17) is 9.84 Å². The first kappa shape index (κ1) is 22.9. The van der Waals surface area contributed by atoms with Gasteiger partial charge < -0.3 is 9.84 Å². The standard InChI is InChI=1S/2C12H14O2/c1-9(2)12(13)14-10(3)11-7-5-4-6-8-11;1-9(8-10(2)12(13)14)11-6-4-3-5-7-11/h4-8,10H,1H2,2-3H3;3-9H,1-2H3,(H,13,14). The van der Waals surface area contributed by atoms with Crippen LogP contribution in [0.4, 0.5) is 0 Å². The first-order valence-corrected chi connectivity index (χ1v) is 9.10. The topological polar surface area (TPSA) is 63.6 Å². The molecule has 2 aromatic carbocycles. The molecule has 4 nitrogen and oxygen atoms in total. The van der Waals surface area contributed by atoms with Crippen LogP contribution in [0.5, 0.6) is 0 Å². The van der Waals surface area contributed by atoms with Gasteiger partial charge in [0, 0.05) is 11.1 Å². The van der Waals surface area contributed by atoms with E-state index < -0.39 is 5.97 Å². The summed E-state index contributed by atoms with van der Waals surface area (Å²) in [4.78, 5) is 21.8. The molecule has 2 aromatic rings. The molecule has 148 valence electrons. The molecule has 0 saturated heterocycles. The number of allylic oxidation sites excluding steroid dienone is 1. The Morgan fingerprint density at radius 1 is 0.929 bits per heavy atom. The maximum Gasteiger partial charge on any atom is 0.333 e. The van der Waals surface area contributed by atoms with E-state index in [9.17, 15) is 9.59 Å². The molecule has 0 bridgehead atoms. The van der Waals surface area contributed by atoms with E-state index in [1.165, 1.54) is 0 Å². The number of hydrogen-bond donors (Lipinski definition) is 1. The number of ether oxygens (including phenoxy) is 1. The predicted molar refractivity (Wildman–Crippen MR) is 112 cm³/mol. The van der Waals surface area contributed by atoms with Crippen LogP contribution in [0.25, 0.3) is 0 Å². The fourth-order valence-corrected chi connectivity index (χ4v) is 2.35. The molecule has 2 unspecified atom stereocenters. The van der Waals surface area contributed by atoms with Gasteiger partial charge in [0.15, 0.2) is 0 Å². The monoisotopic (exact) mass is 380 g/mol. The van der Waals surface area contributed by atoms with Gasteiger partial charge in [-0.3, -0.25) is 0 Å². The lowest BCUT2D eigenvalue weighted by atomic mass is 9.99. The smallest absolute Gasteiger partial charge is 0.333 e. The van der Waals surface area contributed by atoms with Crippen molar-refractivity contribution in [3.63, 3.8) is 0 Å². The minimum Gasteiger partial charge on any atom is -0.478 e. The minimum absolute atomic E-state index is 0.146. The summed E-state index contributed by atoms with van der Waals surface area (Å²) in [7, 11) is 0. The van der Waals surface area contributed by atoms with Crippen molar-refractivity contribution in [1.29, 1.82) is 0 Å². The molecule has 0 saturated carbocycles. The van der Waals surface area contributed by atoms with E-state index in [0.29, 0.717) is 11.1 Å². The molecule has 0 fully saturated rings. The summed E-state index contributed by atoms with van der Waals surface area (Å²) < 4.78 is 5.16. The van der Waals surface area contributed by atoms with E-state index in [2.05, 4.69) is 6.58 Å². The van der Waals surface area contributed by atoms with Gasteiger partial charge in [0.25, 0.3) is 0 Å². The molecule has 0 aliphatic heterocycles. The summed E-state index contributed by atoms with van der Waals surface area (Å²) in [5.41, 5.74) is 2.93. The highest BCUT2D eigenvalue weighted by molar-refractivity contribution is 5.87. The molecule has 4 heteroatoms. The van der Waals surface area contributed by atoms with Gasteiger partial charge in [0.2, 0.25) is 0 Å². The van der Waals surface area contributed by atoms with Gasteiger partial charge in [-0.25, -0.2) is 9.59 Å². The molecule has 2 atom stereocenters. The summed E-state index contributed by atoms with van der Waals surface area (Å²) in [6, 6.07) is 19.5. The number of carboxylic acids is 1. The summed E-state index contributed by atoms with van der Waals surface area (Å²) in [6.45, 7) is 10.6. The van der Waals surface area contributed by atoms with Gasteiger partial charge in [-0.1, -0.05) is 80.2 Å². The number of carboxylic acid groups (broad SMARTS) is 1. The fourth-order valence-electron chi connectivity index (χ4n) is 2.35. The zero-order valence-electron chi connectivity index (χ0n) is 16.9. The highest BCUT2D eigenvalue weighted by Crippen LogP contribution is 2.18. The molecule has 0 heterocycles. The van der Waals surface area contributed by atoms with E-state index in [1.54, 1.807) is 19.9 Å². The van der Waals surface area contributed by atoms with Crippen LogP contribution in [0, 0.1) is 0 Å². The average Bonchev–Trinajstić information content (AvgIpc) is 2.69. The zero-order chi connectivity index (χ0) is 21.1. The summed E-state index contributed by atoms with van der Waals surface area (Å²) >= 11 is 0. The lowest BCUT2D eigenvalue weighted by molar-refractivity contribution is -0.143. The summed E-state index contributed by atoms with van der Waals surface area (Å²) in [5.74, 6) is -1.05. The maximum atomic E-state index is 11.2. The molecule has 28 heavy (non-hydrogen) atoms. The summed E-state index contributed by atoms with van der Waals surface area (Å²) in [6.07, 6.45) is 1.54. The molecule has 0 aliphatic rings. The SMILES string of the molecule is C=C(C)C(=O)OC(C)c1ccccc1.CC(=CC(C)c1ccccc1)C(=O)O. The van der Waals surface area contributed by atoms with E-state index in [-0.39, 0.29) is 18.0 Å². The Balaban J connectivity index is 0.000000280. The van der Waals surface area contributed by atoms with Crippen molar-refractivity contribution in [3.8, 4) is 0 Å². The number of carbonyl (C=O) groups excluding carboxylic acids is 1. The Morgan fingerprint density at radius 3 is 1.82 bits per heavy atom. The van der Waals surface area contributed by atoms with Crippen LogP contribution < -0.4 is 0 Å². The Kier molecular flexibility index (Phi) is 9.44. The maximum absolute atomic E-state index is 11.2. The van der Waals surface area contributed by atoms with Crippen LogP contribution in [0.15, 0.2) is 84.5 Å². The van der Waals surface area contributed by atoms with Gasteiger partial charge in [-0.15, -0.1) is 0 Å². The third-order valence-corrected chi connectivity index (χ3v) is 4.06. The van der Waals surface area contributed by atoms with Gasteiger partial charge in [0.1, 0.15) is 6.10 Å². The Bertz CT molecular complexity index is 807. The molecule has 0 spiro atoms. The van der Waals surface area contributed by atoms with Gasteiger partial charge in [-0.05, 0) is 37.8 Å². The van der Waals surface area contributed by atoms with Gasteiger partial charge >= 0.3 is 11.9 Å². The molecule has 0 radical (unpaired) electrons. The molecule has 2 rings (SSSR count). The summed E-state index contributed by atoms with van der Waals surface area (Å²) in [5, 5.41) is 8.71. The van der Waals surface area contributed by atoms with Crippen LogP contribution in [0.3, 0.4) is 0 Å². The number of esters is 1. The highest BCUT2D eigenvalue weighted by atomic mass is 16.5. The quantitative estimate of drug-likeness (QED) is 0.517. The van der Waals surface area contributed by atoms with Crippen LogP contribution in [0.1, 0.15) is 50.8 Å². The van der Waals surface area contributed by atoms with Crippen molar-refractivity contribution in [3.05, 3.63) is 95.6 Å². The van der Waals surface area contributed by atoms with Crippen molar-refractivity contribution in [2.75, 3.05) is 0 Å². The molecular weight excluding hydrogens is 352 g/mol. The zero-order valence-corrected chi connectivity index (χ0v) is 16.9. The fraction of sp³-hybridized carbons (Fsp3) is 0.250. The first-order chi connectivity index (χ1) is 13.2. The number of rotatable bonds is 6. The lowest BCUT2D eigenvalue weighted by Crippen LogP contribution is -2.08. The van der Waals surface area contributed by atoms with Gasteiger partial charge in [0.05, 0.1) is 0 Å². The van der Waals surface area contributed by atoms with E-state index in [1.807, 2.05) is 74.5 Å². The Morgan fingerprint density at radius 2 is 1.39 bits per heavy atom. The van der Waals surface area contributed by atoms with Crippen molar-refractivity contribution < 1.29 is 19.4 Å². The number of benzene rings is 2. The van der Waals surface area contributed by atoms with Crippen molar-refractivity contribution in [2.24, 2.45) is 0 Å². The number of carbonyl (C=O) groups is 2. The van der Waals surface area contributed by atoms with Crippen LogP contribution in [0.2, 0.25) is 0 Å². The third-order valence-electron chi connectivity index (χ3n) is 4.06. The molecule has 0 aliphatic carbocycles. The minimum atomic E-state index is -0.854. The van der Waals surface area contributed by atoms with E-state index in [0.717, 1.165) is 11.1 Å². The predicted octanol–water partition coefficient (Wildman–Crippen LogP) is 5.69. The normalized spacial score (nSPS) is 12.8. The Hall–Kier alpha value is -3.14. The molecule has 0 amide bonds.